The zero-order valence-corrected chi connectivity index (χ0v) is 24.4. The third-order valence-electron chi connectivity index (χ3n) is 7.69. The van der Waals surface area contributed by atoms with Crippen LogP contribution < -0.4 is 0 Å². The van der Waals surface area contributed by atoms with E-state index in [1.165, 1.54) is 36.4 Å². The quantitative estimate of drug-likeness (QED) is 0.0922. The van der Waals surface area contributed by atoms with E-state index in [0.717, 1.165) is 33.4 Å². The van der Waals surface area contributed by atoms with Crippen LogP contribution in [-0.4, -0.2) is 40.9 Å². The standard InChI is InChI=1S/C20H18O4.C16H18O4/c21-17-6-4-15(11-19(17)23)9-13-2-1-3-14(8-13)10-16-5-7-18(22)20(24)12-16;1-9(11-3-5-13(17)15(19)7-11)10(2)12-4-6-14(18)16(20)8-12/h1-8,11-12,21-24H,9-10H2;3-10,17-20H,1-2H3. The van der Waals surface area contributed by atoms with Gasteiger partial charge in [-0.05, 0) is 107 Å². The first-order chi connectivity index (χ1) is 20.9. The minimum atomic E-state index is -0.143. The molecule has 0 radical (unpaired) electrons. The van der Waals surface area contributed by atoms with Crippen LogP contribution in [0.1, 0.15) is 59.1 Å². The summed E-state index contributed by atoms with van der Waals surface area (Å²) in [6, 6.07) is 27.2. The van der Waals surface area contributed by atoms with Gasteiger partial charge in [-0.2, -0.15) is 0 Å². The molecule has 0 bridgehead atoms. The van der Waals surface area contributed by atoms with Gasteiger partial charge in [0.2, 0.25) is 0 Å². The normalized spacial score (nSPS) is 12.1. The molecular weight excluding hydrogens is 560 g/mol. The maximum absolute atomic E-state index is 9.58. The fraction of sp³-hybridized carbons (Fsp3) is 0.167. The van der Waals surface area contributed by atoms with Crippen molar-refractivity contribution < 1.29 is 40.9 Å². The molecule has 8 N–H and O–H groups in total. The van der Waals surface area contributed by atoms with Crippen molar-refractivity contribution >= 4 is 0 Å². The van der Waals surface area contributed by atoms with Gasteiger partial charge in [0.1, 0.15) is 0 Å². The van der Waals surface area contributed by atoms with Gasteiger partial charge in [0.15, 0.2) is 46.0 Å². The van der Waals surface area contributed by atoms with Crippen molar-refractivity contribution in [2.24, 2.45) is 0 Å². The number of hydrogen-bond acceptors (Lipinski definition) is 8. The van der Waals surface area contributed by atoms with Crippen LogP contribution in [-0.2, 0) is 12.8 Å². The van der Waals surface area contributed by atoms with Crippen molar-refractivity contribution in [1.29, 1.82) is 0 Å². The number of phenolic OH excluding ortho intramolecular Hbond substituents is 8. The summed E-state index contributed by atoms with van der Waals surface area (Å²) in [6.07, 6.45) is 1.28. The second kappa shape index (κ2) is 13.6. The molecule has 44 heavy (non-hydrogen) atoms. The van der Waals surface area contributed by atoms with Crippen molar-refractivity contribution in [2.75, 3.05) is 0 Å². The van der Waals surface area contributed by atoms with E-state index in [9.17, 15) is 40.9 Å². The largest absolute Gasteiger partial charge is 0.504 e. The molecule has 0 aromatic heterocycles. The van der Waals surface area contributed by atoms with Crippen LogP contribution in [0.4, 0.5) is 0 Å². The Morgan fingerprint density at radius 3 is 1.02 bits per heavy atom. The highest BCUT2D eigenvalue weighted by atomic mass is 16.3. The highest BCUT2D eigenvalue weighted by molar-refractivity contribution is 5.46. The Kier molecular flexibility index (Phi) is 9.75. The summed E-state index contributed by atoms with van der Waals surface area (Å²) < 4.78 is 0. The van der Waals surface area contributed by atoms with Gasteiger partial charge in [-0.25, -0.2) is 0 Å². The van der Waals surface area contributed by atoms with Crippen LogP contribution in [0.2, 0.25) is 0 Å². The van der Waals surface area contributed by atoms with E-state index in [-0.39, 0.29) is 57.8 Å². The molecule has 5 aromatic carbocycles. The van der Waals surface area contributed by atoms with E-state index in [4.69, 9.17) is 0 Å². The Balaban J connectivity index is 0.000000204. The molecule has 2 unspecified atom stereocenters. The van der Waals surface area contributed by atoms with Crippen molar-refractivity contribution in [1.82, 2.24) is 0 Å². The molecule has 0 spiro atoms. The van der Waals surface area contributed by atoms with E-state index < -0.39 is 0 Å². The minimum Gasteiger partial charge on any atom is -0.504 e. The number of rotatable bonds is 7. The smallest absolute Gasteiger partial charge is 0.157 e. The van der Waals surface area contributed by atoms with E-state index in [2.05, 4.69) is 6.07 Å². The summed E-state index contributed by atoms with van der Waals surface area (Å²) in [5.41, 5.74) is 5.76. The lowest BCUT2D eigenvalue weighted by molar-refractivity contribution is 0.401. The van der Waals surface area contributed by atoms with E-state index in [1.807, 2.05) is 32.0 Å². The van der Waals surface area contributed by atoms with Gasteiger partial charge >= 0.3 is 0 Å². The molecule has 228 valence electrons. The van der Waals surface area contributed by atoms with Crippen molar-refractivity contribution in [3.05, 3.63) is 130 Å². The van der Waals surface area contributed by atoms with Crippen LogP contribution in [0.25, 0.3) is 0 Å². The van der Waals surface area contributed by atoms with Crippen molar-refractivity contribution in [2.45, 2.75) is 38.5 Å². The predicted octanol–water partition coefficient (Wildman–Crippen LogP) is 7.11. The fourth-order valence-corrected chi connectivity index (χ4v) is 4.90. The molecule has 8 heteroatoms. The van der Waals surface area contributed by atoms with Crippen LogP contribution in [0, 0.1) is 0 Å². The first-order valence-electron chi connectivity index (χ1n) is 14.0. The minimum absolute atomic E-state index is 0.0745. The Labute approximate surface area is 255 Å². The van der Waals surface area contributed by atoms with Crippen LogP contribution in [0.5, 0.6) is 46.0 Å². The topological polar surface area (TPSA) is 162 Å². The molecule has 2 atom stereocenters. The van der Waals surface area contributed by atoms with Crippen LogP contribution in [0.15, 0.2) is 97.1 Å². The van der Waals surface area contributed by atoms with Gasteiger partial charge in [0.25, 0.3) is 0 Å². The number of hydrogen-bond donors (Lipinski definition) is 8. The second-order valence-electron chi connectivity index (χ2n) is 10.9. The van der Waals surface area contributed by atoms with Gasteiger partial charge < -0.3 is 40.9 Å². The SMILES string of the molecule is CC(c1ccc(O)c(O)c1)C(C)c1ccc(O)c(O)c1.Oc1ccc(Cc2cccc(Cc3ccc(O)c(O)c3)c2)cc1O. The van der Waals surface area contributed by atoms with Crippen molar-refractivity contribution in [3.63, 3.8) is 0 Å². The first kappa shape index (κ1) is 31.4. The van der Waals surface area contributed by atoms with E-state index in [0.29, 0.717) is 12.8 Å². The maximum atomic E-state index is 9.58. The highest BCUT2D eigenvalue weighted by Gasteiger charge is 2.18. The fourth-order valence-electron chi connectivity index (χ4n) is 4.90. The second-order valence-corrected chi connectivity index (χ2v) is 10.9. The Hall–Kier alpha value is -5.50. The molecule has 0 saturated heterocycles. The summed E-state index contributed by atoms with van der Waals surface area (Å²) >= 11 is 0. The van der Waals surface area contributed by atoms with Gasteiger partial charge in [-0.3, -0.25) is 0 Å². The molecule has 8 nitrogen and oxygen atoms in total. The summed E-state index contributed by atoms with van der Waals surface area (Å²) in [7, 11) is 0. The summed E-state index contributed by atoms with van der Waals surface area (Å²) in [5, 5.41) is 75.7. The third-order valence-corrected chi connectivity index (χ3v) is 7.69. The molecule has 0 heterocycles. The third kappa shape index (κ3) is 7.86. The van der Waals surface area contributed by atoms with E-state index in [1.54, 1.807) is 36.4 Å². The van der Waals surface area contributed by atoms with Crippen LogP contribution in [0.3, 0.4) is 0 Å². The van der Waals surface area contributed by atoms with Gasteiger partial charge in [0.05, 0.1) is 0 Å². The Morgan fingerprint density at radius 1 is 0.364 bits per heavy atom. The molecular formula is C36H36O8. The Bertz CT molecular complexity index is 1620. The lowest BCUT2D eigenvalue weighted by Crippen LogP contribution is -2.04. The summed E-state index contributed by atoms with van der Waals surface area (Å²) in [6.45, 7) is 4.00. The summed E-state index contributed by atoms with van der Waals surface area (Å²) in [4.78, 5) is 0. The van der Waals surface area contributed by atoms with Gasteiger partial charge in [-0.1, -0.05) is 62.4 Å². The first-order valence-corrected chi connectivity index (χ1v) is 14.0. The van der Waals surface area contributed by atoms with Crippen molar-refractivity contribution in [3.8, 4) is 46.0 Å². The molecule has 0 aliphatic rings. The Morgan fingerprint density at radius 2 is 0.682 bits per heavy atom. The monoisotopic (exact) mass is 596 g/mol. The predicted molar refractivity (Wildman–Crippen MR) is 168 cm³/mol. The molecule has 0 aliphatic carbocycles. The maximum Gasteiger partial charge on any atom is 0.157 e. The van der Waals surface area contributed by atoms with Gasteiger partial charge in [0, 0.05) is 0 Å². The zero-order valence-electron chi connectivity index (χ0n) is 24.4. The number of benzene rings is 5. The molecule has 0 saturated carbocycles. The summed E-state index contributed by atoms with van der Waals surface area (Å²) in [5.74, 6) is -0.918. The van der Waals surface area contributed by atoms with E-state index >= 15 is 0 Å². The van der Waals surface area contributed by atoms with Crippen LogP contribution >= 0.6 is 0 Å². The molecule has 0 amide bonds. The zero-order chi connectivity index (χ0) is 32.0. The lowest BCUT2D eigenvalue weighted by atomic mass is 9.84. The molecule has 0 aliphatic heterocycles. The molecule has 5 rings (SSSR count). The average molecular weight is 597 g/mol. The lowest BCUT2D eigenvalue weighted by Gasteiger charge is -2.21. The number of phenols is 8. The molecule has 5 aromatic rings. The van der Waals surface area contributed by atoms with Gasteiger partial charge in [-0.15, -0.1) is 0 Å². The average Bonchev–Trinajstić information content (AvgIpc) is 2.99. The highest BCUT2D eigenvalue weighted by Crippen LogP contribution is 2.38. The molecule has 0 fully saturated rings. The number of aromatic hydroxyl groups is 8.